The summed E-state index contributed by atoms with van der Waals surface area (Å²) in [6.07, 6.45) is 0. The van der Waals surface area contributed by atoms with Crippen LogP contribution in [-0.4, -0.2) is 16.6 Å². The second kappa shape index (κ2) is 4.67. The Bertz CT molecular complexity index is 157. The molecule has 0 radical (unpaired) electrons. The van der Waals surface area contributed by atoms with Gasteiger partial charge in [0.15, 0.2) is 0 Å². The average Bonchev–Trinajstić information content (AvgIpc) is 1.85. The molecule has 0 amide bonds. The average molecular weight is 196 g/mol. The fourth-order valence-electron chi connectivity index (χ4n) is 0.887. The van der Waals surface area contributed by atoms with Crippen molar-refractivity contribution < 1.29 is 9.90 Å². The topological polar surface area (TPSA) is 63.3 Å². The maximum Gasteiger partial charge on any atom is 0.323 e. The third kappa shape index (κ3) is 2.99. The van der Waals surface area contributed by atoms with Crippen molar-refractivity contribution in [1.29, 1.82) is 0 Å². The Hall–Kier alpha value is -0.280. The van der Waals surface area contributed by atoms with Crippen LogP contribution in [-0.2, 0) is 4.79 Å². The quantitative estimate of drug-likeness (QED) is 0.718. The molecule has 0 aliphatic heterocycles. The van der Waals surface area contributed by atoms with Crippen molar-refractivity contribution in [2.75, 3.05) is 0 Å². The van der Waals surface area contributed by atoms with Gasteiger partial charge in [-0.2, -0.15) is 0 Å². The summed E-state index contributed by atoms with van der Waals surface area (Å²) in [7, 11) is 0. The lowest BCUT2D eigenvalue weighted by atomic mass is 9.80. The SMILES string of the molecule is CC(C)C(C)[C@@](C)(N)C(=O)O.Cl. The normalized spacial score (nSPS) is 17.8. The van der Waals surface area contributed by atoms with Crippen molar-refractivity contribution in [1.82, 2.24) is 0 Å². The maximum absolute atomic E-state index is 10.6. The molecule has 74 valence electrons. The number of nitrogens with two attached hydrogens (primary N) is 1. The van der Waals surface area contributed by atoms with Gasteiger partial charge in [0.2, 0.25) is 0 Å². The van der Waals surface area contributed by atoms with E-state index in [4.69, 9.17) is 10.8 Å². The molecular formula is C8H18ClNO2. The molecule has 0 rings (SSSR count). The molecule has 4 heteroatoms. The van der Waals surface area contributed by atoms with Gasteiger partial charge in [-0.1, -0.05) is 20.8 Å². The van der Waals surface area contributed by atoms with Crippen LogP contribution in [0.1, 0.15) is 27.7 Å². The number of hydrogen-bond acceptors (Lipinski definition) is 2. The third-order valence-corrected chi connectivity index (χ3v) is 2.41. The molecule has 0 fully saturated rings. The molecule has 12 heavy (non-hydrogen) atoms. The fourth-order valence-corrected chi connectivity index (χ4v) is 0.887. The lowest BCUT2D eigenvalue weighted by Gasteiger charge is -2.29. The molecule has 0 aromatic heterocycles. The van der Waals surface area contributed by atoms with Crippen LogP contribution in [0.25, 0.3) is 0 Å². The van der Waals surface area contributed by atoms with Gasteiger partial charge in [0, 0.05) is 0 Å². The number of hydrogen-bond donors (Lipinski definition) is 2. The van der Waals surface area contributed by atoms with E-state index in [1.807, 2.05) is 20.8 Å². The first kappa shape index (κ1) is 14.3. The molecule has 0 bridgehead atoms. The Morgan fingerprint density at radius 1 is 1.42 bits per heavy atom. The first-order valence-electron chi connectivity index (χ1n) is 3.82. The Kier molecular flexibility index (Phi) is 5.55. The van der Waals surface area contributed by atoms with Gasteiger partial charge >= 0.3 is 5.97 Å². The monoisotopic (exact) mass is 195 g/mol. The van der Waals surface area contributed by atoms with E-state index in [0.717, 1.165) is 0 Å². The third-order valence-electron chi connectivity index (χ3n) is 2.41. The lowest BCUT2D eigenvalue weighted by Crippen LogP contribution is -2.52. The number of rotatable bonds is 3. The summed E-state index contributed by atoms with van der Waals surface area (Å²) in [5.74, 6) is -0.653. The lowest BCUT2D eigenvalue weighted by molar-refractivity contribution is -0.145. The van der Waals surface area contributed by atoms with Crippen molar-refractivity contribution in [3.05, 3.63) is 0 Å². The molecule has 0 heterocycles. The number of aliphatic carboxylic acids is 1. The summed E-state index contributed by atoms with van der Waals surface area (Å²) in [6.45, 7) is 7.36. The number of halogens is 1. The molecule has 3 nitrogen and oxygen atoms in total. The van der Waals surface area contributed by atoms with Crippen molar-refractivity contribution in [2.24, 2.45) is 17.6 Å². The molecule has 2 atom stereocenters. The first-order valence-corrected chi connectivity index (χ1v) is 3.82. The van der Waals surface area contributed by atoms with Gasteiger partial charge in [0.05, 0.1) is 0 Å². The fraction of sp³-hybridized carbons (Fsp3) is 0.875. The zero-order valence-corrected chi connectivity index (χ0v) is 8.81. The van der Waals surface area contributed by atoms with Gasteiger partial charge in [-0.3, -0.25) is 4.79 Å². The minimum Gasteiger partial charge on any atom is -0.480 e. The Labute approximate surface area is 79.7 Å². The largest absolute Gasteiger partial charge is 0.480 e. The van der Waals surface area contributed by atoms with Crippen molar-refractivity contribution in [2.45, 2.75) is 33.2 Å². The predicted molar refractivity (Wildman–Crippen MR) is 51.5 cm³/mol. The van der Waals surface area contributed by atoms with Crippen molar-refractivity contribution >= 4 is 18.4 Å². The summed E-state index contributed by atoms with van der Waals surface area (Å²) in [4.78, 5) is 10.6. The molecule has 1 unspecified atom stereocenters. The minimum absolute atomic E-state index is 0. The van der Waals surface area contributed by atoms with Crippen LogP contribution in [0, 0.1) is 11.8 Å². The van der Waals surface area contributed by atoms with Crippen LogP contribution in [0.15, 0.2) is 0 Å². The Balaban J connectivity index is 0. The van der Waals surface area contributed by atoms with Crippen molar-refractivity contribution in [3.8, 4) is 0 Å². The van der Waals surface area contributed by atoms with Crippen LogP contribution in [0.4, 0.5) is 0 Å². The predicted octanol–water partition coefficient (Wildman–Crippen LogP) is 1.50. The highest BCUT2D eigenvalue weighted by molar-refractivity contribution is 5.85. The molecule has 0 saturated heterocycles. The van der Waals surface area contributed by atoms with E-state index in [2.05, 4.69) is 0 Å². The van der Waals surface area contributed by atoms with Gasteiger partial charge in [-0.15, -0.1) is 12.4 Å². The van der Waals surface area contributed by atoms with Crippen LogP contribution in [0.5, 0.6) is 0 Å². The summed E-state index contributed by atoms with van der Waals surface area (Å²) >= 11 is 0. The van der Waals surface area contributed by atoms with Gasteiger partial charge in [-0.05, 0) is 18.8 Å². The second-order valence-electron chi connectivity index (χ2n) is 3.62. The summed E-state index contributed by atoms with van der Waals surface area (Å²) in [5.41, 5.74) is 4.50. The minimum atomic E-state index is -1.10. The van der Waals surface area contributed by atoms with Crippen LogP contribution < -0.4 is 5.73 Å². The summed E-state index contributed by atoms with van der Waals surface area (Å²) in [5, 5.41) is 8.74. The maximum atomic E-state index is 10.6. The standard InChI is InChI=1S/C8H17NO2.ClH/c1-5(2)6(3)8(4,9)7(10)11;/h5-6H,9H2,1-4H3,(H,10,11);1H/t6?,8-;/m1./s1. The zero-order valence-electron chi connectivity index (χ0n) is 8.00. The smallest absolute Gasteiger partial charge is 0.323 e. The van der Waals surface area contributed by atoms with Gasteiger partial charge in [0.1, 0.15) is 5.54 Å². The van der Waals surface area contributed by atoms with E-state index >= 15 is 0 Å². The van der Waals surface area contributed by atoms with Crippen molar-refractivity contribution in [3.63, 3.8) is 0 Å². The van der Waals surface area contributed by atoms with Gasteiger partial charge in [-0.25, -0.2) is 0 Å². The van der Waals surface area contributed by atoms with Gasteiger partial charge < -0.3 is 10.8 Å². The van der Waals surface area contributed by atoms with Crippen LogP contribution in [0.3, 0.4) is 0 Å². The summed E-state index contributed by atoms with van der Waals surface area (Å²) in [6, 6.07) is 0. The molecule has 0 saturated carbocycles. The molecule has 3 N–H and O–H groups in total. The Morgan fingerprint density at radius 2 is 1.75 bits per heavy atom. The molecular weight excluding hydrogens is 178 g/mol. The van der Waals surface area contributed by atoms with E-state index in [0.29, 0.717) is 5.92 Å². The second-order valence-corrected chi connectivity index (χ2v) is 3.62. The molecule has 0 aromatic rings. The van der Waals surface area contributed by atoms with Crippen LogP contribution in [0.2, 0.25) is 0 Å². The van der Waals surface area contributed by atoms with E-state index < -0.39 is 11.5 Å². The number of carbonyl (C=O) groups is 1. The number of carboxylic acids is 1. The molecule has 0 aromatic carbocycles. The highest BCUT2D eigenvalue weighted by atomic mass is 35.5. The van der Waals surface area contributed by atoms with E-state index in [1.54, 1.807) is 6.92 Å². The van der Waals surface area contributed by atoms with Gasteiger partial charge in [0.25, 0.3) is 0 Å². The zero-order chi connectivity index (χ0) is 9.23. The summed E-state index contributed by atoms with van der Waals surface area (Å²) < 4.78 is 0. The van der Waals surface area contributed by atoms with E-state index in [-0.39, 0.29) is 18.3 Å². The van der Waals surface area contributed by atoms with Crippen LogP contribution >= 0.6 is 12.4 Å². The number of carboxylic acid groups (broad SMARTS) is 1. The molecule has 0 aliphatic rings. The Morgan fingerprint density at radius 3 is 1.83 bits per heavy atom. The first-order chi connectivity index (χ1) is 4.80. The molecule has 0 aliphatic carbocycles. The molecule has 0 spiro atoms. The van der Waals surface area contributed by atoms with E-state index in [9.17, 15) is 4.79 Å². The highest BCUT2D eigenvalue weighted by Gasteiger charge is 2.35. The highest BCUT2D eigenvalue weighted by Crippen LogP contribution is 2.21. The van der Waals surface area contributed by atoms with E-state index in [1.165, 1.54) is 0 Å².